The van der Waals surface area contributed by atoms with Crippen molar-refractivity contribution in [1.29, 1.82) is 0 Å². The lowest BCUT2D eigenvalue weighted by Gasteiger charge is -2.37. The highest BCUT2D eigenvalue weighted by atomic mass is 35.5. The Balaban J connectivity index is 1.79. The first-order valence-corrected chi connectivity index (χ1v) is 10.8. The molecule has 1 atom stereocenters. The number of hydrogen-bond donors (Lipinski definition) is 1. The van der Waals surface area contributed by atoms with Gasteiger partial charge in [-0.25, -0.2) is 0 Å². The molecule has 2 aromatic carbocycles. The summed E-state index contributed by atoms with van der Waals surface area (Å²) in [7, 11) is 3.30. The lowest BCUT2D eigenvalue weighted by Crippen LogP contribution is -2.47. The van der Waals surface area contributed by atoms with Gasteiger partial charge >= 0.3 is 0 Å². The van der Waals surface area contributed by atoms with Crippen molar-refractivity contribution in [2.45, 2.75) is 13.0 Å². The summed E-state index contributed by atoms with van der Waals surface area (Å²) in [5, 5.41) is 8.83. The normalized spacial score (nSPS) is 16.3. The second kappa shape index (κ2) is 9.68. The fourth-order valence-electron chi connectivity index (χ4n) is 3.63. The number of methoxy groups -OCH3 is 2. The number of ether oxygens (including phenoxy) is 2. The molecular formula is C23H23ClN4O3S. The Morgan fingerprint density at radius 2 is 1.97 bits per heavy atom. The van der Waals surface area contributed by atoms with Gasteiger partial charge in [-0.05, 0) is 49.0 Å². The lowest BCUT2D eigenvalue weighted by molar-refractivity contribution is 0.183. The molecule has 0 fully saturated rings. The van der Waals surface area contributed by atoms with E-state index in [1.54, 1.807) is 26.4 Å². The number of allylic oxidation sites excluding steroid dienone is 1. The first kappa shape index (κ1) is 22.3. The zero-order chi connectivity index (χ0) is 22.7. The average Bonchev–Trinajstić information content (AvgIpc) is 3.28. The third kappa shape index (κ3) is 4.48. The van der Waals surface area contributed by atoms with Crippen molar-refractivity contribution in [1.82, 2.24) is 20.4 Å². The number of nitrogens with zero attached hydrogens (tertiary/aromatic N) is 3. The van der Waals surface area contributed by atoms with Gasteiger partial charge in [0.2, 0.25) is 5.82 Å². The molecule has 166 valence electrons. The van der Waals surface area contributed by atoms with Gasteiger partial charge in [0.25, 0.3) is 5.89 Å². The molecule has 3 aromatic rings. The van der Waals surface area contributed by atoms with Crippen LogP contribution in [-0.2, 0) is 4.74 Å². The first-order valence-electron chi connectivity index (χ1n) is 10.0. The van der Waals surface area contributed by atoms with E-state index in [-0.39, 0.29) is 6.04 Å². The minimum atomic E-state index is -0.264. The van der Waals surface area contributed by atoms with Crippen LogP contribution in [0.2, 0.25) is 5.02 Å². The van der Waals surface area contributed by atoms with Crippen molar-refractivity contribution in [3.8, 4) is 17.1 Å². The van der Waals surface area contributed by atoms with Gasteiger partial charge in [0.05, 0.1) is 25.3 Å². The van der Waals surface area contributed by atoms with Gasteiger partial charge in [-0.1, -0.05) is 41.0 Å². The van der Waals surface area contributed by atoms with Gasteiger partial charge in [-0.2, -0.15) is 4.98 Å². The molecule has 0 spiro atoms. The van der Waals surface area contributed by atoms with Crippen LogP contribution in [0.1, 0.15) is 24.4 Å². The number of thiocarbonyl (C=S) groups is 1. The summed E-state index contributed by atoms with van der Waals surface area (Å²) >= 11 is 11.8. The molecule has 0 aliphatic carbocycles. The second-order valence-electron chi connectivity index (χ2n) is 7.23. The van der Waals surface area contributed by atoms with E-state index in [0.29, 0.717) is 35.0 Å². The molecule has 2 heterocycles. The molecule has 0 saturated heterocycles. The van der Waals surface area contributed by atoms with E-state index < -0.39 is 0 Å². The van der Waals surface area contributed by atoms with E-state index in [0.717, 1.165) is 28.1 Å². The smallest absolute Gasteiger partial charge is 0.258 e. The SMILES string of the molecule is COCCN1C(=S)NC(c2ccc(OC)cc2)C(c2nc(-c3cccc(Cl)c3)no2)=C1C. The van der Waals surface area contributed by atoms with Crippen LogP contribution < -0.4 is 10.1 Å². The number of hydrogen-bond acceptors (Lipinski definition) is 6. The standard InChI is InChI=1S/C23H23ClN4O3S/c1-14-19(22-26-21(27-31-22)16-5-4-6-17(24)13-16)20(15-7-9-18(30-3)10-8-15)25-23(32)28(14)11-12-29-2/h4-10,13,20H,11-12H2,1-3H3,(H,25,32). The number of aromatic nitrogens is 2. The second-order valence-corrected chi connectivity index (χ2v) is 8.06. The summed E-state index contributed by atoms with van der Waals surface area (Å²) in [6, 6.07) is 14.9. The molecule has 1 aliphatic heterocycles. The molecule has 1 aromatic heterocycles. The van der Waals surface area contributed by atoms with Crippen molar-refractivity contribution in [3.05, 3.63) is 70.7 Å². The Morgan fingerprint density at radius 3 is 2.66 bits per heavy atom. The van der Waals surface area contributed by atoms with Crippen LogP contribution >= 0.6 is 23.8 Å². The van der Waals surface area contributed by atoms with Crippen molar-refractivity contribution in [3.63, 3.8) is 0 Å². The maximum Gasteiger partial charge on any atom is 0.258 e. The molecule has 1 N–H and O–H groups in total. The van der Waals surface area contributed by atoms with Gasteiger partial charge in [-0.15, -0.1) is 0 Å². The summed E-state index contributed by atoms with van der Waals surface area (Å²) in [4.78, 5) is 6.67. The van der Waals surface area contributed by atoms with Crippen LogP contribution in [0.25, 0.3) is 17.0 Å². The fraction of sp³-hybridized carbons (Fsp3) is 0.261. The summed E-state index contributed by atoms with van der Waals surface area (Å²) in [6.45, 7) is 3.12. The largest absolute Gasteiger partial charge is 0.497 e. The lowest BCUT2D eigenvalue weighted by atomic mass is 9.94. The van der Waals surface area contributed by atoms with Crippen LogP contribution in [0.4, 0.5) is 0 Å². The van der Waals surface area contributed by atoms with E-state index in [1.165, 1.54) is 0 Å². The van der Waals surface area contributed by atoms with Crippen LogP contribution in [0.15, 0.2) is 58.8 Å². The number of benzene rings is 2. The van der Waals surface area contributed by atoms with Gasteiger partial charge in [0.1, 0.15) is 5.75 Å². The average molecular weight is 471 g/mol. The van der Waals surface area contributed by atoms with Crippen LogP contribution in [0, 0.1) is 0 Å². The fourth-order valence-corrected chi connectivity index (χ4v) is 4.17. The van der Waals surface area contributed by atoms with Crippen LogP contribution in [0.3, 0.4) is 0 Å². The number of halogens is 1. The van der Waals surface area contributed by atoms with Gasteiger partial charge in [-0.3, -0.25) is 0 Å². The van der Waals surface area contributed by atoms with Crippen LogP contribution in [0.5, 0.6) is 5.75 Å². The van der Waals surface area contributed by atoms with Crippen molar-refractivity contribution >= 4 is 34.5 Å². The Labute approximate surface area is 197 Å². The Bertz CT molecular complexity index is 1150. The Kier molecular flexibility index (Phi) is 6.74. The summed E-state index contributed by atoms with van der Waals surface area (Å²) in [5.41, 5.74) is 3.55. The van der Waals surface area contributed by atoms with E-state index in [1.807, 2.05) is 48.2 Å². The monoisotopic (exact) mass is 470 g/mol. The molecule has 0 amide bonds. The molecule has 1 unspecified atom stereocenters. The van der Waals surface area contributed by atoms with E-state index in [4.69, 9.17) is 37.8 Å². The topological polar surface area (TPSA) is 72.7 Å². The maximum absolute atomic E-state index is 6.14. The predicted octanol–water partition coefficient (Wildman–Crippen LogP) is 4.71. The van der Waals surface area contributed by atoms with Gasteiger partial charge in [0, 0.05) is 29.9 Å². The summed E-state index contributed by atoms with van der Waals surface area (Å²) in [6.07, 6.45) is 0. The molecule has 9 heteroatoms. The summed E-state index contributed by atoms with van der Waals surface area (Å²) in [5.74, 6) is 1.65. The molecule has 0 saturated carbocycles. The third-order valence-electron chi connectivity index (χ3n) is 5.30. The van der Waals surface area contributed by atoms with Gasteiger partial charge < -0.3 is 24.2 Å². The van der Waals surface area contributed by atoms with Gasteiger partial charge in [0.15, 0.2) is 5.11 Å². The number of rotatable bonds is 7. The predicted molar refractivity (Wildman–Crippen MR) is 127 cm³/mol. The van der Waals surface area contributed by atoms with E-state index in [9.17, 15) is 0 Å². The quantitative estimate of drug-likeness (QED) is 0.498. The highest BCUT2D eigenvalue weighted by Gasteiger charge is 2.34. The van der Waals surface area contributed by atoms with Crippen molar-refractivity contribution in [2.24, 2.45) is 0 Å². The highest BCUT2D eigenvalue weighted by Crippen LogP contribution is 2.37. The molecule has 1 aliphatic rings. The van der Waals surface area contributed by atoms with Crippen LogP contribution in [-0.4, -0.2) is 47.5 Å². The Hall–Kier alpha value is -2.94. The van der Waals surface area contributed by atoms with Crippen molar-refractivity contribution in [2.75, 3.05) is 27.4 Å². The van der Waals surface area contributed by atoms with E-state index in [2.05, 4.69) is 15.5 Å². The zero-order valence-corrected chi connectivity index (χ0v) is 19.5. The van der Waals surface area contributed by atoms with Crippen molar-refractivity contribution < 1.29 is 14.0 Å². The number of nitrogens with one attached hydrogen (secondary N) is 1. The zero-order valence-electron chi connectivity index (χ0n) is 18.0. The molecular weight excluding hydrogens is 448 g/mol. The Morgan fingerprint density at radius 1 is 1.19 bits per heavy atom. The highest BCUT2D eigenvalue weighted by molar-refractivity contribution is 7.80. The molecule has 7 nitrogen and oxygen atoms in total. The molecule has 32 heavy (non-hydrogen) atoms. The minimum absolute atomic E-state index is 0.264. The maximum atomic E-state index is 6.14. The molecule has 0 radical (unpaired) electrons. The molecule has 0 bridgehead atoms. The molecule has 4 rings (SSSR count). The minimum Gasteiger partial charge on any atom is -0.497 e. The summed E-state index contributed by atoms with van der Waals surface area (Å²) < 4.78 is 16.3. The van der Waals surface area contributed by atoms with E-state index >= 15 is 0 Å². The first-order chi connectivity index (χ1) is 15.5. The third-order valence-corrected chi connectivity index (χ3v) is 5.88.